The Bertz CT molecular complexity index is 600. The number of benzene rings is 2. The summed E-state index contributed by atoms with van der Waals surface area (Å²) >= 11 is 17.5. The summed E-state index contributed by atoms with van der Waals surface area (Å²) in [7, 11) is 0. The van der Waals surface area contributed by atoms with E-state index in [-0.39, 0.29) is 18.6 Å². The Kier molecular flexibility index (Phi) is 5.03. The minimum absolute atomic E-state index is 0.00194. The molecule has 0 radical (unpaired) electrons. The second kappa shape index (κ2) is 6.57. The third kappa shape index (κ3) is 3.95. The van der Waals surface area contributed by atoms with Gasteiger partial charge in [-0.1, -0.05) is 46.9 Å². The van der Waals surface area contributed by atoms with Crippen molar-refractivity contribution in [1.82, 2.24) is 0 Å². The smallest absolute Gasteiger partial charge is 0.141 e. The molecule has 0 saturated heterocycles. The second-order valence-corrected chi connectivity index (χ2v) is 5.64. The summed E-state index contributed by atoms with van der Waals surface area (Å²) < 4.78 is 13.6. The molecule has 0 aliphatic carbocycles. The zero-order valence-electron chi connectivity index (χ0n) is 10.3. The fourth-order valence-electron chi connectivity index (χ4n) is 1.82. The Morgan fingerprint density at radius 1 is 0.900 bits per heavy atom. The molecule has 0 fully saturated rings. The Labute approximate surface area is 131 Å². The van der Waals surface area contributed by atoms with Gasteiger partial charge in [-0.3, -0.25) is 4.79 Å². The molecule has 0 N–H and O–H groups in total. The fraction of sp³-hybridized carbons (Fsp3) is 0.133. The minimum atomic E-state index is -0.479. The highest BCUT2D eigenvalue weighted by atomic mass is 35.5. The van der Waals surface area contributed by atoms with Crippen LogP contribution in [0.2, 0.25) is 15.1 Å². The minimum Gasteiger partial charge on any atom is -0.299 e. The number of halogens is 4. The number of Topliss-reactive ketones (excluding diaryl/α,β-unsaturated/α-hetero) is 1. The van der Waals surface area contributed by atoms with Gasteiger partial charge in [-0.15, -0.1) is 0 Å². The number of ketones is 1. The lowest BCUT2D eigenvalue weighted by Gasteiger charge is -2.06. The van der Waals surface area contributed by atoms with Crippen LogP contribution in [0.3, 0.4) is 0 Å². The quantitative estimate of drug-likeness (QED) is 0.758. The fourth-order valence-corrected chi connectivity index (χ4v) is 2.45. The molecule has 2 aromatic carbocycles. The van der Waals surface area contributed by atoms with Gasteiger partial charge < -0.3 is 0 Å². The summed E-state index contributed by atoms with van der Waals surface area (Å²) in [4.78, 5) is 12.0. The van der Waals surface area contributed by atoms with Gasteiger partial charge in [0.1, 0.15) is 11.6 Å². The molecule has 0 heterocycles. The average Bonchev–Trinajstić information content (AvgIpc) is 2.36. The van der Waals surface area contributed by atoms with E-state index >= 15 is 0 Å². The third-order valence-electron chi connectivity index (χ3n) is 2.81. The molecular formula is C15H10Cl3FO. The molecule has 2 rings (SSSR count). The van der Waals surface area contributed by atoms with E-state index in [1.807, 2.05) is 0 Å². The number of hydrogen-bond donors (Lipinski definition) is 0. The number of hydrogen-bond acceptors (Lipinski definition) is 1. The maximum absolute atomic E-state index is 13.6. The number of carbonyl (C=O) groups is 1. The van der Waals surface area contributed by atoms with Gasteiger partial charge in [0.25, 0.3) is 0 Å². The lowest BCUT2D eigenvalue weighted by atomic mass is 10.0. The number of carbonyl (C=O) groups excluding carboxylic acids is 1. The molecule has 20 heavy (non-hydrogen) atoms. The molecule has 0 bridgehead atoms. The molecule has 0 saturated carbocycles. The molecule has 2 aromatic rings. The van der Waals surface area contributed by atoms with Gasteiger partial charge in [0.05, 0.1) is 0 Å². The molecule has 1 nitrogen and oxygen atoms in total. The van der Waals surface area contributed by atoms with E-state index in [0.717, 1.165) is 0 Å². The van der Waals surface area contributed by atoms with Crippen LogP contribution in [0.15, 0.2) is 36.4 Å². The molecule has 0 unspecified atom stereocenters. The van der Waals surface area contributed by atoms with Crippen molar-refractivity contribution in [2.45, 2.75) is 12.8 Å². The van der Waals surface area contributed by atoms with Gasteiger partial charge in [-0.05, 0) is 35.4 Å². The monoisotopic (exact) mass is 330 g/mol. The van der Waals surface area contributed by atoms with Gasteiger partial charge in [-0.25, -0.2) is 4.39 Å². The normalized spacial score (nSPS) is 10.6. The van der Waals surface area contributed by atoms with Crippen molar-refractivity contribution in [2.24, 2.45) is 0 Å². The van der Waals surface area contributed by atoms with Crippen LogP contribution in [0.25, 0.3) is 0 Å². The van der Waals surface area contributed by atoms with E-state index in [2.05, 4.69) is 0 Å². The van der Waals surface area contributed by atoms with E-state index in [9.17, 15) is 9.18 Å². The Balaban J connectivity index is 2.09. The molecular weight excluding hydrogens is 322 g/mol. The van der Waals surface area contributed by atoms with Gasteiger partial charge in [-0.2, -0.15) is 0 Å². The summed E-state index contributed by atoms with van der Waals surface area (Å²) in [6, 6.07) is 9.20. The highest BCUT2D eigenvalue weighted by molar-refractivity contribution is 6.35. The molecule has 0 amide bonds. The van der Waals surface area contributed by atoms with Crippen LogP contribution in [0.5, 0.6) is 0 Å². The standard InChI is InChI=1S/C15H10Cl3FO/c16-11-3-1-9(14(18)7-11)5-13(20)6-10-2-4-12(17)8-15(10)19/h1-4,7-8H,5-6H2. The van der Waals surface area contributed by atoms with Crippen molar-refractivity contribution in [3.05, 3.63) is 68.4 Å². The molecule has 0 aliphatic rings. The van der Waals surface area contributed by atoms with Crippen molar-refractivity contribution < 1.29 is 9.18 Å². The topological polar surface area (TPSA) is 17.1 Å². The molecule has 5 heteroatoms. The van der Waals surface area contributed by atoms with Gasteiger partial charge >= 0.3 is 0 Å². The van der Waals surface area contributed by atoms with Crippen molar-refractivity contribution in [1.29, 1.82) is 0 Å². The SMILES string of the molecule is O=C(Cc1ccc(Cl)cc1F)Cc1ccc(Cl)cc1Cl. The third-order valence-corrected chi connectivity index (χ3v) is 3.63. The van der Waals surface area contributed by atoms with Crippen LogP contribution in [-0.4, -0.2) is 5.78 Å². The first kappa shape index (κ1) is 15.3. The summed E-state index contributed by atoms with van der Waals surface area (Å²) in [6.07, 6.45) is 0.139. The predicted octanol–water partition coefficient (Wildman–Crippen LogP) is 5.14. The highest BCUT2D eigenvalue weighted by Crippen LogP contribution is 2.22. The lowest BCUT2D eigenvalue weighted by molar-refractivity contribution is -0.117. The molecule has 0 atom stereocenters. The van der Waals surface area contributed by atoms with Crippen LogP contribution in [-0.2, 0) is 17.6 Å². The van der Waals surface area contributed by atoms with Crippen molar-refractivity contribution in [2.75, 3.05) is 0 Å². The largest absolute Gasteiger partial charge is 0.299 e. The first-order chi connectivity index (χ1) is 9.45. The maximum atomic E-state index is 13.6. The summed E-state index contributed by atoms with van der Waals surface area (Å²) in [5.74, 6) is -0.608. The first-order valence-electron chi connectivity index (χ1n) is 5.85. The average molecular weight is 332 g/mol. The molecule has 0 aromatic heterocycles. The van der Waals surface area contributed by atoms with Crippen LogP contribution < -0.4 is 0 Å². The predicted molar refractivity (Wildman–Crippen MR) is 80.3 cm³/mol. The Morgan fingerprint density at radius 3 is 2.05 bits per heavy atom. The van der Waals surface area contributed by atoms with Crippen molar-refractivity contribution in [3.63, 3.8) is 0 Å². The molecule has 0 spiro atoms. The summed E-state index contributed by atoms with van der Waals surface area (Å²) in [5.41, 5.74) is 1.000. The Morgan fingerprint density at radius 2 is 1.45 bits per heavy atom. The zero-order valence-corrected chi connectivity index (χ0v) is 12.6. The maximum Gasteiger partial charge on any atom is 0.141 e. The van der Waals surface area contributed by atoms with Crippen LogP contribution in [0, 0.1) is 5.82 Å². The first-order valence-corrected chi connectivity index (χ1v) is 6.98. The van der Waals surface area contributed by atoms with E-state index in [4.69, 9.17) is 34.8 Å². The van der Waals surface area contributed by atoms with E-state index in [1.54, 1.807) is 24.3 Å². The molecule has 104 valence electrons. The highest BCUT2D eigenvalue weighted by Gasteiger charge is 2.11. The zero-order chi connectivity index (χ0) is 14.7. The van der Waals surface area contributed by atoms with Crippen molar-refractivity contribution >= 4 is 40.6 Å². The van der Waals surface area contributed by atoms with Crippen molar-refractivity contribution in [3.8, 4) is 0 Å². The molecule has 0 aliphatic heterocycles. The van der Waals surface area contributed by atoms with Gasteiger partial charge in [0.2, 0.25) is 0 Å². The number of rotatable bonds is 4. The van der Waals surface area contributed by atoms with E-state index in [1.165, 1.54) is 12.1 Å². The lowest BCUT2D eigenvalue weighted by Crippen LogP contribution is -2.08. The summed E-state index contributed by atoms with van der Waals surface area (Å²) in [5, 5.41) is 1.25. The van der Waals surface area contributed by atoms with E-state index in [0.29, 0.717) is 26.2 Å². The van der Waals surface area contributed by atoms with Gasteiger partial charge in [0, 0.05) is 27.9 Å². The summed E-state index contributed by atoms with van der Waals surface area (Å²) in [6.45, 7) is 0. The second-order valence-electron chi connectivity index (χ2n) is 4.36. The van der Waals surface area contributed by atoms with Gasteiger partial charge in [0.15, 0.2) is 0 Å². The van der Waals surface area contributed by atoms with Crippen LogP contribution in [0.1, 0.15) is 11.1 Å². The van der Waals surface area contributed by atoms with E-state index < -0.39 is 5.82 Å². The van der Waals surface area contributed by atoms with Crippen LogP contribution in [0.4, 0.5) is 4.39 Å². The van der Waals surface area contributed by atoms with Crippen LogP contribution >= 0.6 is 34.8 Å². The Hall–Kier alpha value is -1.09.